The van der Waals surface area contributed by atoms with Crippen LogP contribution < -0.4 is 5.73 Å². The maximum absolute atomic E-state index is 6.11. The van der Waals surface area contributed by atoms with Crippen LogP contribution in [0.2, 0.25) is 0 Å². The summed E-state index contributed by atoms with van der Waals surface area (Å²) in [5.41, 5.74) is 6.11. The van der Waals surface area contributed by atoms with Crippen molar-refractivity contribution in [1.29, 1.82) is 0 Å². The standard InChI is InChI=1S/C17H33N3/c18-13-17(12-15-6-2-1-3-7-15)20-11-8-16(14-20)19-9-4-5-10-19/h15-17H,1-14,18H2. The lowest BCUT2D eigenvalue weighted by molar-refractivity contribution is 0.170. The topological polar surface area (TPSA) is 32.5 Å². The smallest absolute Gasteiger partial charge is 0.0235 e. The van der Waals surface area contributed by atoms with Crippen LogP contribution in [0.15, 0.2) is 0 Å². The summed E-state index contributed by atoms with van der Waals surface area (Å²) in [6.45, 7) is 6.12. The van der Waals surface area contributed by atoms with E-state index in [2.05, 4.69) is 9.80 Å². The maximum Gasteiger partial charge on any atom is 0.0235 e. The fourth-order valence-corrected chi connectivity index (χ4v) is 4.71. The zero-order valence-corrected chi connectivity index (χ0v) is 13.1. The molecule has 2 N–H and O–H groups in total. The molecule has 1 saturated carbocycles. The van der Waals surface area contributed by atoms with Crippen LogP contribution in [0.5, 0.6) is 0 Å². The van der Waals surface area contributed by atoms with Crippen LogP contribution in [0.3, 0.4) is 0 Å². The molecule has 3 fully saturated rings. The highest BCUT2D eigenvalue weighted by Crippen LogP contribution is 2.30. The van der Waals surface area contributed by atoms with Crippen molar-refractivity contribution in [2.45, 2.75) is 69.9 Å². The van der Waals surface area contributed by atoms with Crippen molar-refractivity contribution < 1.29 is 0 Å². The monoisotopic (exact) mass is 279 g/mol. The molecule has 20 heavy (non-hydrogen) atoms. The quantitative estimate of drug-likeness (QED) is 0.839. The molecule has 0 aromatic heterocycles. The molecule has 0 bridgehead atoms. The zero-order valence-electron chi connectivity index (χ0n) is 13.1. The van der Waals surface area contributed by atoms with E-state index in [0.29, 0.717) is 6.04 Å². The molecule has 3 aliphatic rings. The number of hydrogen-bond donors (Lipinski definition) is 1. The van der Waals surface area contributed by atoms with Crippen molar-refractivity contribution in [2.75, 3.05) is 32.7 Å². The van der Waals surface area contributed by atoms with Crippen molar-refractivity contribution in [3.05, 3.63) is 0 Å². The van der Waals surface area contributed by atoms with Crippen molar-refractivity contribution in [3.63, 3.8) is 0 Å². The van der Waals surface area contributed by atoms with Gasteiger partial charge in [-0.2, -0.15) is 0 Å². The van der Waals surface area contributed by atoms with Crippen molar-refractivity contribution in [3.8, 4) is 0 Å². The van der Waals surface area contributed by atoms with Crippen LogP contribution in [-0.2, 0) is 0 Å². The SMILES string of the molecule is NCC(CC1CCCCC1)N1CCC(N2CCCC2)C1. The molecule has 2 heterocycles. The van der Waals surface area contributed by atoms with Gasteiger partial charge in [0.2, 0.25) is 0 Å². The van der Waals surface area contributed by atoms with Crippen LogP contribution in [0.1, 0.15) is 57.8 Å². The van der Waals surface area contributed by atoms with Crippen LogP contribution in [0.4, 0.5) is 0 Å². The summed E-state index contributed by atoms with van der Waals surface area (Å²) in [6, 6.07) is 1.49. The Morgan fingerprint density at radius 2 is 1.65 bits per heavy atom. The van der Waals surface area contributed by atoms with Gasteiger partial charge >= 0.3 is 0 Å². The lowest BCUT2D eigenvalue weighted by Gasteiger charge is -2.32. The van der Waals surface area contributed by atoms with Crippen LogP contribution in [0.25, 0.3) is 0 Å². The van der Waals surface area contributed by atoms with Gasteiger partial charge in [-0.25, -0.2) is 0 Å². The molecule has 2 unspecified atom stereocenters. The number of rotatable bonds is 5. The van der Waals surface area contributed by atoms with E-state index < -0.39 is 0 Å². The van der Waals surface area contributed by atoms with E-state index in [-0.39, 0.29) is 0 Å². The van der Waals surface area contributed by atoms with Gasteiger partial charge in [0.15, 0.2) is 0 Å². The molecule has 0 aromatic rings. The minimum atomic E-state index is 0.658. The normalized spacial score (nSPS) is 31.9. The molecule has 3 rings (SSSR count). The Hall–Kier alpha value is -0.120. The molecule has 0 radical (unpaired) electrons. The Bertz CT molecular complexity index is 282. The molecular formula is C17H33N3. The molecule has 1 aliphatic carbocycles. The van der Waals surface area contributed by atoms with E-state index >= 15 is 0 Å². The molecular weight excluding hydrogens is 246 g/mol. The molecule has 0 spiro atoms. The first-order chi connectivity index (χ1) is 9.86. The third kappa shape index (κ3) is 3.55. The van der Waals surface area contributed by atoms with E-state index in [1.54, 1.807) is 0 Å². The Kier molecular flexibility index (Phi) is 5.36. The molecule has 116 valence electrons. The van der Waals surface area contributed by atoms with E-state index in [4.69, 9.17) is 5.73 Å². The van der Waals surface area contributed by atoms with Crippen LogP contribution in [-0.4, -0.2) is 54.6 Å². The van der Waals surface area contributed by atoms with Gasteiger partial charge in [0.25, 0.3) is 0 Å². The van der Waals surface area contributed by atoms with Crippen molar-refractivity contribution in [2.24, 2.45) is 11.7 Å². The first-order valence-electron chi connectivity index (χ1n) is 9.05. The zero-order chi connectivity index (χ0) is 13.8. The predicted octanol–water partition coefficient (Wildman–Crippen LogP) is 2.45. The Balaban J connectivity index is 1.48. The lowest BCUT2D eigenvalue weighted by Crippen LogP contribution is -2.43. The molecule has 3 nitrogen and oxygen atoms in total. The second-order valence-electron chi connectivity index (χ2n) is 7.31. The van der Waals surface area contributed by atoms with Crippen molar-refractivity contribution >= 4 is 0 Å². The lowest BCUT2D eigenvalue weighted by atomic mass is 9.84. The van der Waals surface area contributed by atoms with Gasteiger partial charge in [-0.15, -0.1) is 0 Å². The van der Waals surface area contributed by atoms with E-state index in [9.17, 15) is 0 Å². The fraction of sp³-hybridized carbons (Fsp3) is 1.00. The summed E-state index contributed by atoms with van der Waals surface area (Å²) in [7, 11) is 0. The van der Waals surface area contributed by atoms with Gasteiger partial charge in [0.05, 0.1) is 0 Å². The highest BCUT2D eigenvalue weighted by molar-refractivity contribution is 4.89. The second kappa shape index (κ2) is 7.24. The van der Waals surface area contributed by atoms with Gasteiger partial charge in [-0.1, -0.05) is 32.1 Å². The second-order valence-corrected chi connectivity index (χ2v) is 7.31. The van der Waals surface area contributed by atoms with Gasteiger partial charge in [0, 0.05) is 31.7 Å². The first kappa shape index (κ1) is 14.8. The molecule has 0 amide bonds. The van der Waals surface area contributed by atoms with Crippen LogP contribution in [0, 0.1) is 5.92 Å². The van der Waals surface area contributed by atoms with E-state index in [1.807, 2.05) is 0 Å². The Labute approximate surface area is 124 Å². The fourth-order valence-electron chi connectivity index (χ4n) is 4.71. The third-order valence-electron chi connectivity index (χ3n) is 5.97. The molecule has 3 heteroatoms. The van der Waals surface area contributed by atoms with Gasteiger partial charge < -0.3 is 5.73 Å². The minimum absolute atomic E-state index is 0.658. The summed E-state index contributed by atoms with van der Waals surface area (Å²) < 4.78 is 0. The third-order valence-corrected chi connectivity index (χ3v) is 5.97. The number of hydrogen-bond acceptors (Lipinski definition) is 3. The Morgan fingerprint density at radius 3 is 2.35 bits per heavy atom. The van der Waals surface area contributed by atoms with Gasteiger partial charge in [-0.05, 0) is 44.7 Å². The number of likely N-dealkylation sites (tertiary alicyclic amines) is 2. The molecule has 2 atom stereocenters. The summed E-state index contributed by atoms with van der Waals surface area (Å²) in [5.74, 6) is 0.961. The van der Waals surface area contributed by atoms with Gasteiger partial charge in [-0.3, -0.25) is 9.80 Å². The minimum Gasteiger partial charge on any atom is -0.329 e. The van der Waals surface area contributed by atoms with Gasteiger partial charge in [0.1, 0.15) is 0 Å². The summed E-state index contributed by atoms with van der Waals surface area (Å²) >= 11 is 0. The highest BCUT2D eigenvalue weighted by Gasteiger charge is 2.33. The average Bonchev–Trinajstić information content (AvgIpc) is 3.16. The van der Waals surface area contributed by atoms with Crippen LogP contribution >= 0.6 is 0 Å². The first-order valence-corrected chi connectivity index (χ1v) is 9.05. The molecule has 0 aromatic carbocycles. The number of nitrogens with zero attached hydrogens (tertiary/aromatic N) is 2. The maximum atomic E-state index is 6.11. The van der Waals surface area contributed by atoms with E-state index in [0.717, 1.165) is 18.5 Å². The van der Waals surface area contributed by atoms with Crippen molar-refractivity contribution in [1.82, 2.24) is 9.80 Å². The predicted molar refractivity (Wildman–Crippen MR) is 84.8 cm³/mol. The largest absolute Gasteiger partial charge is 0.329 e. The average molecular weight is 279 g/mol. The highest BCUT2D eigenvalue weighted by atomic mass is 15.3. The summed E-state index contributed by atoms with van der Waals surface area (Å²) in [6.07, 6.45) is 12.9. The van der Waals surface area contributed by atoms with E-state index in [1.165, 1.54) is 84.0 Å². The summed E-state index contributed by atoms with van der Waals surface area (Å²) in [4.78, 5) is 5.45. The number of nitrogens with two attached hydrogens (primary N) is 1. The molecule has 2 saturated heterocycles. The Morgan fingerprint density at radius 1 is 0.900 bits per heavy atom. The summed E-state index contributed by atoms with van der Waals surface area (Å²) in [5, 5.41) is 0. The molecule has 2 aliphatic heterocycles.